The maximum atomic E-state index is 11.9. The van der Waals surface area contributed by atoms with Gasteiger partial charge in [-0.1, -0.05) is 0 Å². The predicted octanol–water partition coefficient (Wildman–Crippen LogP) is 0.356. The molecule has 76 valence electrons. The summed E-state index contributed by atoms with van der Waals surface area (Å²) in [6.45, 7) is -0.753. The van der Waals surface area contributed by atoms with Crippen LogP contribution in [0.25, 0.3) is 0 Å². The minimum absolute atomic E-state index is 0.116. The molecule has 1 aliphatic rings. The van der Waals surface area contributed by atoms with E-state index in [0.717, 1.165) is 4.90 Å². The van der Waals surface area contributed by atoms with Gasteiger partial charge in [0.15, 0.2) is 0 Å². The molecule has 0 aromatic heterocycles. The molecule has 0 aliphatic carbocycles. The van der Waals surface area contributed by atoms with Gasteiger partial charge in [-0.25, -0.2) is 0 Å². The predicted molar refractivity (Wildman–Crippen MR) is 39.8 cm³/mol. The Balaban J connectivity index is 2.49. The number of halogens is 3. The fraction of sp³-hybridized carbons (Fsp3) is 0.857. The van der Waals surface area contributed by atoms with Crippen LogP contribution in [0.4, 0.5) is 13.2 Å². The first-order valence-electron chi connectivity index (χ1n) is 3.97. The molecule has 13 heavy (non-hydrogen) atoms. The largest absolute Gasteiger partial charge is 0.406 e. The number of likely N-dealkylation sites (tertiary alicyclic amines) is 1. The standard InChI is InChI=1S/C7H11F3N2O/c8-7(9,10)4-12-3-5(2-11)1-6(12)13/h5H,1-4,11H2/t5-/m0/s1. The van der Waals surface area contributed by atoms with Crippen LogP contribution in [0.15, 0.2) is 0 Å². The summed E-state index contributed by atoms with van der Waals surface area (Å²) in [5, 5.41) is 0. The number of rotatable bonds is 2. The van der Waals surface area contributed by atoms with E-state index >= 15 is 0 Å². The maximum absolute atomic E-state index is 11.9. The molecule has 0 radical (unpaired) electrons. The summed E-state index contributed by atoms with van der Waals surface area (Å²) in [5.41, 5.74) is 5.26. The van der Waals surface area contributed by atoms with Gasteiger partial charge in [0.2, 0.25) is 5.91 Å². The van der Waals surface area contributed by atoms with Crippen LogP contribution < -0.4 is 5.73 Å². The Morgan fingerprint density at radius 1 is 1.54 bits per heavy atom. The lowest BCUT2D eigenvalue weighted by atomic mass is 10.1. The molecule has 1 saturated heterocycles. The molecule has 1 amide bonds. The molecule has 2 N–H and O–H groups in total. The Hall–Kier alpha value is -0.780. The van der Waals surface area contributed by atoms with E-state index in [1.807, 2.05) is 0 Å². The zero-order chi connectivity index (χ0) is 10.1. The van der Waals surface area contributed by atoms with Gasteiger partial charge in [0, 0.05) is 13.0 Å². The van der Waals surface area contributed by atoms with E-state index in [9.17, 15) is 18.0 Å². The maximum Gasteiger partial charge on any atom is 0.406 e. The fourth-order valence-electron chi connectivity index (χ4n) is 1.38. The van der Waals surface area contributed by atoms with Crippen molar-refractivity contribution in [2.24, 2.45) is 11.7 Å². The van der Waals surface area contributed by atoms with Crippen LogP contribution >= 0.6 is 0 Å². The third-order valence-electron chi connectivity index (χ3n) is 2.00. The van der Waals surface area contributed by atoms with Crippen molar-refractivity contribution in [2.75, 3.05) is 19.6 Å². The Labute approximate surface area is 73.7 Å². The fourth-order valence-corrected chi connectivity index (χ4v) is 1.38. The van der Waals surface area contributed by atoms with Gasteiger partial charge >= 0.3 is 6.18 Å². The number of nitrogens with zero attached hydrogens (tertiary/aromatic N) is 1. The summed E-state index contributed by atoms with van der Waals surface area (Å²) in [4.78, 5) is 11.8. The molecule has 0 saturated carbocycles. The SMILES string of the molecule is NC[C@@H]1CC(=O)N(CC(F)(F)F)C1. The first kappa shape index (κ1) is 10.3. The normalized spacial score (nSPS) is 24.2. The van der Waals surface area contributed by atoms with Crippen molar-refractivity contribution < 1.29 is 18.0 Å². The molecule has 1 fully saturated rings. The number of nitrogens with two attached hydrogens (primary N) is 1. The van der Waals surface area contributed by atoms with Crippen LogP contribution in [0.1, 0.15) is 6.42 Å². The van der Waals surface area contributed by atoms with Crippen LogP contribution in [-0.2, 0) is 4.79 Å². The van der Waals surface area contributed by atoms with Gasteiger partial charge in [-0.3, -0.25) is 4.79 Å². The summed E-state index contributed by atoms with van der Waals surface area (Å²) in [5.74, 6) is -0.567. The molecule has 0 spiro atoms. The van der Waals surface area contributed by atoms with E-state index in [2.05, 4.69) is 0 Å². The van der Waals surface area contributed by atoms with Crippen LogP contribution in [0.5, 0.6) is 0 Å². The number of hydrogen-bond donors (Lipinski definition) is 1. The summed E-state index contributed by atoms with van der Waals surface area (Å²) < 4.78 is 35.7. The number of carbonyl (C=O) groups excluding carboxylic acids is 1. The molecule has 0 aromatic carbocycles. The number of carbonyl (C=O) groups is 1. The smallest absolute Gasteiger partial charge is 0.333 e. The molecule has 1 rings (SSSR count). The van der Waals surface area contributed by atoms with Gasteiger partial charge in [-0.2, -0.15) is 13.2 Å². The summed E-state index contributed by atoms with van der Waals surface area (Å²) in [7, 11) is 0. The lowest BCUT2D eigenvalue weighted by Gasteiger charge is -2.17. The molecule has 3 nitrogen and oxygen atoms in total. The topological polar surface area (TPSA) is 46.3 Å². The molecule has 1 heterocycles. The average Bonchev–Trinajstić information content (AvgIpc) is 2.29. The molecule has 1 aliphatic heterocycles. The molecular weight excluding hydrogens is 185 g/mol. The van der Waals surface area contributed by atoms with Crippen LogP contribution in [-0.4, -0.2) is 36.6 Å². The van der Waals surface area contributed by atoms with E-state index in [1.165, 1.54) is 0 Å². The van der Waals surface area contributed by atoms with E-state index in [4.69, 9.17) is 5.73 Å². The molecule has 0 bridgehead atoms. The molecule has 6 heteroatoms. The van der Waals surface area contributed by atoms with Gasteiger partial charge in [0.05, 0.1) is 0 Å². The Morgan fingerprint density at radius 3 is 2.54 bits per heavy atom. The van der Waals surface area contributed by atoms with Gasteiger partial charge in [0.25, 0.3) is 0 Å². The second kappa shape index (κ2) is 3.53. The Kier molecular flexibility index (Phi) is 2.80. The molecular formula is C7H11F3N2O. The Bertz CT molecular complexity index is 204. The zero-order valence-corrected chi connectivity index (χ0v) is 6.97. The average molecular weight is 196 g/mol. The zero-order valence-electron chi connectivity index (χ0n) is 6.97. The van der Waals surface area contributed by atoms with Crippen molar-refractivity contribution in [2.45, 2.75) is 12.6 Å². The van der Waals surface area contributed by atoms with Crippen LogP contribution in [0, 0.1) is 5.92 Å². The van der Waals surface area contributed by atoms with Crippen molar-refractivity contribution in [3.63, 3.8) is 0 Å². The minimum Gasteiger partial charge on any atom is -0.333 e. The van der Waals surface area contributed by atoms with E-state index in [1.54, 1.807) is 0 Å². The summed E-state index contributed by atoms with van der Waals surface area (Å²) >= 11 is 0. The molecule has 0 aromatic rings. The first-order chi connectivity index (χ1) is 5.92. The lowest BCUT2D eigenvalue weighted by molar-refractivity contribution is -0.157. The minimum atomic E-state index is -4.31. The van der Waals surface area contributed by atoms with Crippen LogP contribution in [0.3, 0.4) is 0 Å². The Morgan fingerprint density at radius 2 is 2.15 bits per heavy atom. The number of alkyl halides is 3. The van der Waals surface area contributed by atoms with E-state index in [0.29, 0.717) is 0 Å². The van der Waals surface area contributed by atoms with Crippen molar-refractivity contribution in [1.82, 2.24) is 4.90 Å². The highest BCUT2D eigenvalue weighted by Crippen LogP contribution is 2.22. The second-order valence-electron chi connectivity index (χ2n) is 3.20. The van der Waals surface area contributed by atoms with Crippen molar-refractivity contribution >= 4 is 5.91 Å². The second-order valence-corrected chi connectivity index (χ2v) is 3.20. The lowest BCUT2D eigenvalue weighted by Crippen LogP contribution is -2.35. The van der Waals surface area contributed by atoms with Gasteiger partial charge in [-0.05, 0) is 12.5 Å². The van der Waals surface area contributed by atoms with Crippen molar-refractivity contribution in [1.29, 1.82) is 0 Å². The van der Waals surface area contributed by atoms with E-state index in [-0.39, 0.29) is 25.4 Å². The van der Waals surface area contributed by atoms with Crippen molar-refractivity contribution in [3.05, 3.63) is 0 Å². The highest BCUT2D eigenvalue weighted by molar-refractivity contribution is 5.78. The van der Waals surface area contributed by atoms with Gasteiger partial charge < -0.3 is 10.6 Å². The highest BCUT2D eigenvalue weighted by atomic mass is 19.4. The third-order valence-corrected chi connectivity index (χ3v) is 2.00. The van der Waals surface area contributed by atoms with Gasteiger partial charge in [0.1, 0.15) is 6.54 Å². The van der Waals surface area contributed by atoms with E-state index < -0.39 is 18.6 Å². The van der Waals surface area contributed by atoms with Crippen LogP contribution in [0.2, 0.25) is 0 Å². The third kappa shape index (κ3) is 2.87. The number of amides is 1. The molecule has 1 atom stereocenters. The van der Waals surface area contributed by atoms with Gasteiger partial charge in [-0.15, -0.1) is 0 Å². The molecule has 0 unspecified atom stereocenters. The summed E-state index contributed by atoms with van der Waals surface area (Å²) in [6, 6.07) is 0. The first-order valence-corrected chi connectivity index (χ1v) is 3.97. The monoisotopic (exact) mass is 196 g/mol. The number of hydrogen-bond acceptors (Lipinski definition) is 2. The highest BCUT2D eigenvalue weighted by Gasteiger charge is 2.37. The summed E-state index contributed by atoms with van der Waals surface area (Å²) in [6.07, 6.45) is -4.16. The van der Waals surface area contributed by atoms with Crippen molar-refractivity contribution in [3.8, 4) is 0 Å². The quantitative estimate of drug-likeness (QED) is 0.693.